The lowest BCUT2D eigenvalue weighted by Crippen LogP contribution is -2.49. The van der Waals surface area contributed by atoms with Crippen molar-refractivity contribution in [3.8, 4) is 0 Å². The Balaban J connectivity index is 1.29. The summed E-state index contributed by atoms with van der Waals surface area (Å²) in [7, 11) is 0. The third kappa shape index (κ3) is 4.04. The Bertz CT molecular complexity index is 1200. The number of nitrogens with one attached hydrogen (secondary N) is 1. The minimum atomic E-state index is -0.497. The molecule has 9 nitrogen and oxygen atoms in total. The lowest BCUT2D eigenvalue weighted by atomic mass is 9.97. The summed E-state index contributed by atoms with van der Waals surface area (Å²) >= 11 is 0. The number of anilines is 1. The van der Waals surface area contributed by atoms with Crippen LogP contribution in [0.5, 0.6) is 0 Å². The number of imide groups is 1. The quantitative estimate of drug-likeness (QED) is 0.701. The highest BCUT2D eigenvalue weighted by atomic mass is 16.6. The van der Waals surface area contributed by atoms with Gasteiger partial charge in [-0.2, -0.15) is 0 Å². The number of pyridine rings is 1. The van der Waals surface area contributed by atoms with E-state index in [1.807, 2.05) is 25.7 Å². The van der Waals surface area contributed by atoms with Crippen molar-refractivity contribution in [2.24, 2.45) is 0 Å². The monoisotopic (exact) mass is 479 g/mol. The van der Waals surface area contributed by atoms with Gasteiger partial charge in [-0.1, -0.05) is 0 Å². The molecule has 9 heteroatoms. The maximum atomic E-state index is 12.9. The summed E-state index contributed by atoms with van der Waals surface area (Å²) in [5.41, 5.74) is 2.47. The second-order valence-electron chi connectivity index (χ2n) is 11.5. The molecule has 4 fully saturated rings. The number of carbonyl (C=O) groups excluding carboxylic acids is 3. The molecule has 0 radical (unpaired) electrons. The first-order valence-corrected chi connectivity index (χ1v) is 12.8. The number of carbonyl (C=O) groups is 3. The van der Waals surface area contributed by atoms with Crippen LogP contribution in [0.4, 0.5) is 15.3 Å². The Labute approximate surface area is 204 Å². The molecule has 2 aromatic rings. The van der Waals surface area contributed by atoms with Crippen LogP contribution in [0.25, 0.3) is 11.0 Å². The van der Waals surface area contributed by atoms with Crippen LogP contribution in [0.1, 0.15) is 83.2 Å². The maximum Gasteiger partial charge on any atom is 0.410 e. The number of piperidine rings is 1. The first-order chi connectivity index (χ1) is 16.7. The van der Waals surface area contributed by atoms with Gasteiger partial charge in [-0.3, -0.25) is 15.0 Å². The molecule has 0 spiro atoms. The number of ether oxygens (including phenoxy) is 1. The molecule has 1 N–H and O–H groups in total. The smallest absolute Gasteiger partial charge is 0.410 e. The zero-order valence-corrected chi connectivity index (χ0v) is 20.6. The van der Waals surface area contributed by atoms with E-state index in [1.54, 1.807) is 11.1 Å². The van der Waals surface area contributed by atoms with Crippen molar-refractivity contribution in [1.29, 1.82) is 0 Å². The fraction of sp³-hybridized carbons (Fsp3) is 0.615. The van der Waals surface area contributed by atoms with Crippen molar-refractivity contribution >= 4 is 34.8 Å². The summed E-state index contributed by atoms with van der Waals surface area (Å²) in [5.74, 6) is 0.295. The van der Waals surface area contributed by atoms with Crippen LogP contribution in [-0.2, 0) is 9.53 Å². The van der Waals surface area contributed by atoms with Crippen molar-refractivity contribution in [3.05, 3.63) is 24.0 Å². The summed E-state index contributed by atoms with van der Waals surface area (Å²) in [6.45, 7) is 6.10. The molecule has 2 bridgehead atoms. The predicted molar refractivity (Wildman–Crippen MR) is 130 cm³/mol. The Hall–Kier alpha value is -3.10. The molecule has 6 rings (SSSR count). The SMILES string of the molecule is CC(C)(C)OC(=O)N1C2CC[C@H]1CC(n1cc(C3CC3)c3cc(N4CCC(=O)NC4=O)cnc31)C2. The molecule has 0 aromatic carbocycles. The van der Waals surface area contributed by atoms with E-state index in [9.17, 15) is 14.4 Å². The minimum absolute atomic E-state index is 0.185. The van der Waals surface area contributed by atoms with E-state index in [1.165, 1.54) is 18.4 Å². The zero-order valence-electron chi connectivity index (χ0n) is 20.6. The highest BCUT2D eigenvalue weighted by molar-refractivity contribution is 6.06. The first-order valence-electron chi connectivity index (χ1n) is 12.8. The van der Waals surface area contributed by atoms with Crippen LogP contribution >= 0.6 is 0 Å². The third-order valence-corrected chi connectivity index (χ3v) is 7.77. The predicted octanol–water partition coefficient (Wildman–Crippen LogP) is 4.46. The number of amides is 4. The van der Waals surface area contributed by atoms with E-state index in [-0.39, 0.29) is 36.2 Å². The van der Waals surface area contributed by atoms with Gasteiger partial charge in [0.25, 0.3) is 0 Å². The minimum Gasteiger partial charge on any atom is -0.444 e. The van der Waals surface area contributed by atoms with E-state index >= 15 is 0 Å². The number of hydrogen-bond acceptors (Lipinski definition) is 5. The average molecular weight is 480 g/mol. The standard InChI is InChI=1S/C26H33N5O4/c1-26(2,3)35-25(34)31-16-6-7-17(31)11-18(10-16)30-14-21(15-4-5-15)20-12-19(13-27-23(20)30)29-9-8-22(32)28-24(29)33/h12-18H,4-11H2,1-3H3,(H,28,32,33)/t16-,17?,18?/m0/s1. The van der Waals surface area contributed by atoms with Gasteiger partial charge in [-0.15, -0.1) is 0 Å². The van der Waals surface area contributed by atoms with Gasteiger partial charge in [0.05, 0.1) is 11.9 Å². The molecule has 3 aliphatic heterocycles. The fourth-order valence-corrected chi connectivity index (χ4v) is 6.09. The van der Waals surface area contributed by atoms with Gasteiger partial charge in [0.1, 0.15) is 11.2 Å². The van der Waals surface area contributed by atoms with Crippen molar-refractivity contribution in [2.75, 3.05) is 11.4 Å². The van der Waals surface area contributed by atoms with Crippen LogP contribution in [-0.4, -0.2) is 56.7 Å². The third-order valence-electron chi connectivity index (χ3n) is 7.77. The van der Waals surface area contributed by atoms with Crippen LogP contribution in [0.15, 0.2) is 18.5 Å². The molecule has 5 heterocycles. The van der Waals surface area contributed by atoms with Crippen molar-refractivity contribution in [1.82, 2.24) is 19.8 Å². The number of nitrogens with zero attached hydrogens (tertiary/aromatic N) is 4. The number of rotatable bonds is 3. The number of urea groups is 1. The Morgan fingerprint density at radius 3 is 2.43 bits per heavy atom. The van der Waals surface area contributed by atoms with Gasteiger partial charge in [0.15, 0.2) is 0 Å². The molecular weight excluding hydrogens is 446 g/mol. The normalized spacial score (nSPS) is 26.9. The van der Waals surface area contributed by atoms with E-state index in [2.05, 4.69) is 22.1 Å². The molecular formula is C26H33N5O4. The summed E-state index contributed by atoms with van der Waals surface area (Å²) < 4.78 is 8.03. The zero-order chi connectivity index (χ0) is 24.5. The van der Waals surface area contributed by atoms with Crippen LogP contribution in [0.3, 0.4) is 0 Å². The fourth-order valence-electron chi connectivity index (χ4n) is 6.09. The number of aromatic nitrogens is 2. The molecule has 186 valence electrons. The second-order valence-corrected chi connectivity index (χ2v) is 11.5. The van der Waals surface area contributed by atoms with Crippen LogP contribution in [0, 0.1) is 0 Å². The highest BCUT2D eigenvalue weighted by Crippen LogP contribution is 2.47. The van der Waals surface area contributed by atoms with Crippen LogP contribution < -0.4 is 10.2 Å². The highest BCUT2D eigenvalue weighted by Gasteiger charge is 2.46. The summed E-state index contributed by atoms with van der Waals surface area (Å²) in [5, 5.41) is 3.49. The van der Waals surface area contributed by atoms with Crippen molar-refractivity contribution in [2.45, 2.75) is 95.4 Å². The van der Waals surface area contributed by atoms with Gasteiger partial charge in [-0.05, 0) is 76.8 Å². The summed E-state index contributed by atoms with van der Waals surface area (Å²) in [6.07, 6.45) is 10.3. The van der Waals surface area contributed by atoms with Gasteiger partial charge >= 0.3 is 12.1 Å². The number of hydrogen-bond donors (Lipinski definition) is 1. The molecule has 1 aliphatic carbocycles. The van der Waals surface area contributed by atoms with Gasteiger partial charge in [0.2, 0.25) is 5.91 Å². The summed E-state index contributed by atoms with van der Waals surface area (Å²) in [6, 6.07) is 2.32. The molecule has 35 heavy (non-hydrogen) atoms. The lowest BCUT2D eigenvalue weighted by molar-refractivity contribution is -0.120. The van der Waals surface area contributed by atoms with Gasteiger partial charge in [0, 0.05) is 42.7 Å². The first kappa shape index (κ1) is 22.4. The van der Waals surface area contributed by atoms with E-state index in [0.29, 0.717) is 18.9 Å². The van der Waals surface area contributed by atoms with E-state index in [0.717, 1.165) is 42.4 Å². The average Bonchev–Trinajstić information content (AvgIpc) is 3.50. The maximum absolute atomic E-state index is 12.9. The van der Waals surface area contributed by atoms with Crippen molar-refractivity contribution in [3.63, 3.8) is 0 Å². The van der Waals surface area contributed by atoms with Gasteiger partial charge in [-0.25, -0.2) is 14.6 Å². The Kier molecular flexibility index (Phi) is 5.09. The molecule has 3 saturated heterocycles. The molecule has 2 aromatic heterocycles. The Morgan fingerprint density at radius 1 is 1.09 bits per heavy atom. The second kappa shape index (κ2) is 7.96. The summed E-state index contributed by atoms with van der Waals surface area (Å²) in [4.78, 5) is 45.3. The van der Waals surface area contributed by atoms with Gasteiger partial charge < -0.3 is 14.2 Å². The van der Waals surface area contributed by atoms with E-state index < -0.39 is 5.60 Å². The molecule has 4 amide bonds. The topological polar surface area (TPSA) is 96.8 Å². The largest absolute Gasteiger partial charge is 0.444 e. The molecule has 2 unspecified atom stereocenters. The number of fused-ring (bicyclic) bond motifs is 3. The Morgan fingerprint density at radius 2 is 1.80 bits per heavy atom. The van der Waals surface area contributed by atoms with Crippen LogP contribution in [0.2, 0.25) is 0 Å². The van der Waals surface area contributed by atoms with Crippen molar-refractivity contribution < 1.29 is 19.1 Å². The molecule has 4 aliphatic rings. The lowest BCUT2D eigenvalue weighted by Gasteiger charge is -2.40. The molecule has 1 saturated carbocycles. The molecule has 3 atom stereocenters. The van der Waals surface area contributed by atoms with E-state index in [4.69, 9.17) is 9.72 Å².